The first kappa shape index (κ1) is 21.3. The van der Waals surface area contributed by atoms with Crippen molar-refractivity contribution >= 4 is 5.96 Å². The van der Waals surface area contributed by atoms with Gasteiger partial charge in [-0.25, -0.2) is 0 Å². The lowest BCUT2D eigenvalue weighted by atomic mass is 9.88. The molecule has 5 nitrogen and oxygen atoms in total. The van der Waals surface area contributed by atoms with E-state index in [9.17, 15) is 0 Å². The summed E-state index contributed by atoms with van der Waals surface area (Å²) in [6.45, 7) is 5.45. The van der Waals surface area contributed by atoms with Crippen LogP contribution in [0.1, 0.15) is 36.9 Å². The van der Waals surface area contributed by atoms with Crippen LogP contribution in [0.4, 0.5) is 0 Å². The van der Waals surface area contributed by atoms with Gasteiger partial charge in [-0.1, -0.05) is 60.7 Å². The lowest BCUT2D eigenvalue weighted by Crippen LogP contribution is -2.58. The van der Waals surface area contributed by atoms with E-state index in [4.69, 9.17) is 4.74 Å². The summed E-state index contributed by atoms with van der Waals surface area (Å²) in [6.07, 6.45) is 1.97. The molecule has 5 heteroatoms. The van der Waals surface area contributed by atoms with E-state index in [1.165, 1.54) is 11.1 Å². The van der Waals surface area contributed by atoms with Crippen molar-refractivity contribution in [1.29, 1.82) is 0 Å². The molecule has 0 amide bonds. The van der Waals surface area contributed by atoms with Crippen LogP contribution in [0.3, 0.4) is 0 Å². The fourth-order valence-electron chi connectivity index (χ4n) is 3.98. The number of rotatable bonds is 7. The molecule has 29 heavy (non-hydrogen) atoms. The van der Waals surface area contributed by atoms with Crippen LogP contribution in [0.15, 0.2) is 65.7 Å². The van der Waals surface area contributed by atoms with E-state index in [0.717, 1.165) is 45.1 Å². The average molecular weight is 395 g/mol. The van der Waals surface area contributed by atoms with Gasteiger partial charge < -0.3 is 20.3 Å². The van der Waals surface area contributed by atoms with E-state index >= 15 is 0 Å². The molecule has 0 bridgehead atoms. The maximum atomic E-state index is 5.66. The summed E-state index contributed by atoms with van der Waals surface area (Å²) < 4.78 is 5.66. The van der Waals surface area contributed by atoms with Gasteiger partial charge in [-0.2, -0.15) is 0 Å². The van der Waals surface area contributed by atoms with Gasteiger partial charge in [0, 0.05) is 52.0 Å². The first-order valence-corrected chi connectivity index (χ1v) is 10.5. The molecule has 1 heterocycles. The SMILES string of the molecule is CN=C(NCC1(NC(C)c2ccccc2)CCOCC1)N(C)Cc1ccccc1. The van der Waals surface area contributed by atoms with Crippen LogP contribution in [0, 0.1) is 0 Å². The second kappa shape index (κ2) is 10.4. The van der Waals surface area contributed by atoms with E-state index in [0.29, 0.717) is 0 Å². The predicted molar refractivity (Wildman–Crippen MR) is 120 cm³/mol. The Bertz CT molecular complexity index is 757. The standard InChI is InChI=1S/C24H34N4O/c1-20(22-12-8-5-9-13-22)27-24(14-16-29-17-15-24)19-26-23(25-2)28(3)18-21-10-6-4-7-11-21/h4-13,20,27H,14-19H2,1-3H3,(H,25,26). The van der Waals surface area contributed by atoms with Gasteiger partial charge in [-0.3, -0.25) is 4.99 Å². The van der Waals surface area contributed by atoms with Crippen molar-refractivity contribution < 1.29 is 4.74 Å². The van der Waals surface area contributed by atoms with Crippen molar-refractivity contribution in [1.82, 2.24) is 15.5 Å². The zero-order valence-electron chi connectivity index (χ0n) is 17.9. The second-order valence-electron chi connectivity index (χ2n) is 7.91. The number of guanidine groups is 1. The van der Waals surface area contributed by atoms with E-state index in [1.54, 1.807) is 0 Å². The number of hydrogen-bond acceptors (Lipinski definition) is 3. The molecule has 2 N–H and O–H groups in total. The summed E-state index contributed by atoms with van der Waals surface area (Å²) in [5.41, 5.74) is 2.57. The summed E-state index contributed by atoms with van der Waals surface area (Å²) in [4.78, 5) is 6.68. The lowest BCUT2D eigenvalue weighted by Gasteiger charge is -2.41. The minimum atomic E-state index is -0.0168. The van der Waals surface area contributed by atoms with Gasteiger partial charge in [-0.15, -0.1) is 0 Å². The molecule has 156 valence electrons. The van der Waals surface area contributed by atoms with Gasteiger partial charge in [0.1, 0.15) is 0 Å². The smallest absolute Gasteiger partial charge is 0.193 e. The molecule has 0 aliphatic carbocycles. The molecule has 0 spiro atoms. The highest BCUT2D eigenvalue weighted by Gasteiger charge is 2.34. The Labute approximate surface area is 175 Å². The molecule has 0 aromatic heterocycles. The summed E-state index contributed by atoms with van der Waals surface area (Å²) in [6, 6.07) is 21.4. The fraction of sp³-hybridized carbons (Fsp3) is 0.458. The van der Waals surface area contributed by atoms with Gasteiger partial charge in [0.2, 0.25) is 0 Å². The minimum Gasteiger partial charge on any atom is -0.381 e. The third-order valence-electron chi connectivity index (χ3n) is 5.69. The number of hydrogen-bond donors (Lipinski definition) is 2. The highest BCUT2D eigenvalue weighted by Crippen LogP contribution is 2.25. The summed E-state index contributed by atoms with van der Waals surface area (Å²) in [7, 11) is 3.93. The Balaban J connectivity index is 1.64. The molecule has 0 radical (unpaired) electrons. The third kappa shape index (κ3) is 6.05. The largest absolute Gasteiger partial charge is 0.381 e. The van der Waals surface area contributed by atoms with Gasteiger partial charge in [-0.05, 0) is 30.9 Å². The fourth-order valence-corrected chi connectivity index (χ4v) is 3.98. The first-order chi connectivity index (χ1) is 14.1. The topological polar surface area (TPSA) is 48.9 Å². The third-order valence-corrected chi connectivity index (χ3v) is 5.69. The molecule has 2 aromatic carbocycles. The van der Waals surface area contributed by atoms with Crippen LogP contribution in [0.2, 0.25) is 0 Å². The van der Waals surface area contributed by atoms with Crippen molar-refractivity contribution in [3.8, 4) is 0 Å². The van der Waals surface area contributed by atoms with Crippen molar-refractivity contribution in [3.63, 3.8) is 0 Å². The van der Waals surface area contributed by atoms with Crippen LogP contribution < -0.4 is 10.6 Å². The van der Waals surface area contributed by atoms with Gasteiger partial charge in [0.15, 0.2) is 5.96 Å². The molecular weight excluding hydrogens is 360 g/mol. The number of aliphatic imine (C=N–C) groups is 1. The van der Waals surface area contributed by atoms with E-state index in [2.05, 4.69) is 89.1 Å². The van der Waals surface area contributed by atoms with E-state index < -0.39 is 0 Å². The molecule has 1 aliphatic rings. The summed E-state index contributed by atoms with van der Waals surface area (Å²) in [5, 5.41) is 7.52. The highest BCUT2D eigenvalue weighted by atomic mass is 16.5. The van der Waals surface area contributed by atoms with E-state index in [-0.39, 0.29) is 11.6 Å². The Hall–Kier alpha value is -2.37. The number of ether oxygens (including phenoxy) is 1. The van der Waals surface area contributed by atoms with Crippen molar-refractivity contribution in [2.45, 2.75) is 37.9 Å². The number of nitrogens with zero attached hydrogens (tertiary/aromatic N) is 2. The second-order valence-corrected chi connectivity index (χ2v) is 7.91. The molecule has 0 saturated carbocycles. The summed E-state index contributed by atoms with van der Waals surface area (Å²) >= 11 is 0. The normalized spacial score (nSPS) is 17.6. The van der Waals surface area contributed by atoms with Crippen LogP contribution in [-0.2, 0) is 11.3 Å². The molecule has 3 rings (SSSR count). The van der Waals surface area contributed by atoms with Crippen LogP contribution >= 0.6 is 0 Å². The number of nitrogens with one attached hydrogen (secondary N) is 2. The Kier molecular flexibility index (Phi) is 7.67. The molecule has 1 atom stereocenters. The van der Waals surface area contributed by atoms with Crippen molar-refractivity contribution in [3.05, 3.63) is 71.8 Å². The quantitative estimate of drug-likeness (QED) is 0.557. The minimum absolute atomic E-state index is 0.0168. The highest BCUT2D eigenvalue weighted by molar-refractivity contribution is 5.79. The van der Waals surface area contributed by atoms with Crippen LogP contribution in [-0.4, -0.2) is 50.3 Å². The van der Waals surface area contributed by atoms with Gasteiger partial charge in [0.05, 0.1) is 0 Å². The zero-order chi connectivity index (χ0) is 20.5. The monoisotopic (exact) mass is 394 g/mol. The molecule has 1 saturated heterocycles. The maximum Gasteiger partial charge on any atom is 0.193 e. The predicted octanol–water partition coefficient (Wildman–Crippen LogP) is 3.59. The zero-order valence-corrected chi connectivity index (χ0v) is 17.9. The molecule has 1 aliphatic heterocycles. The van der Waals surface area contributed by atoms with Gasteiger partial charge in [0.25, 0.3) is 0 Å². The Morgan fingerprint density at radius 1 is 1.07 bits per heavy atom. The Morgan fingerprint density at radius 3 is 2.31 bits per heavy atom. The molecule has 1 unspecified atom stereocenters. The van der Waals surface area contributed by atoms with Crippen LogP contribution in [0.25, 0.3) is 0 Å². The average Bonchev–Trinajstić information content (AvgIpc) is 2.76. The lowest BCUT2D eigenvalue weighted by molar-refractivity contribution is 0.0353. The Morgan fingerprint density at radius 2 is 1.69 bits per heavy atom. The first-order valence-electron chi connectivity index (χ1n) is 10.5. The summed E-state index contributed by atoms with van der Waals surface area (Å²) in [5.74, 6) is 0.911. The van der Waals surface area contributed by atoms with Crippen LogP contribution in [0.5, 0.6) is 0 Å². The molecule has 1 fully saturated rings. The maximum absolute atomic E-state index is 5.66. The molecular formula is C24H34N4O. The molecule has 2 aromatic rings. The number of benzene rings is 2. The van der Waals surface area contributed by atoms with E-state index in [1.807, 2.05) is 13.1 Å². The van der Waals surface area contributed by atoms with Crippen molar-refractivity contribution in [2.24, 2.45) is 4.99 Å². The van der Waals surface area contributed by atoms with Gasteiger partial charge >= 0.3 is 0 Å². The van der Waals surface area contributed by atoms with Crippen molar-refractivity contribution in [2.75, 3.05) is 33.9 Å².